The summed E-state index contributed by atoms with van der Waals surface area (Å²) < 4.78 is 23.1. The molecule has 0 amide bonds. The van der Waals surface area contributed by atoms with E-state index in [2.05, 4.69) is 4.98 Å². The third-order valence-corrected chi connectivity index (χ3v) is 7.11. The molecule has 3 rings (SSSR count). The second kappa shape index (κ2) is 4.71. The topological polar surface area (TPSA) is 76.3 Å². The summed E-state index contributed by atoms with van der Waals surface area (Å²) in [5.41, 5.74) is 7.23. The predicted octanol–water partition coefficient (Wildman–Crippen LogP) is 1.10. The lowest BCUT2D eigenvalue weighted by Crippen LogP contribution is -2.32. The molecule has 1 aliphatic carbocycles. The van der Waals surface area contributed by atoms with E-state index in [0.717, 1.165) is 30.1 Å². The van der Waals surface area contributed by atoms with Crippen molar-refractivity contribution in [3.05, 3.63) is 10.6 Å². The molecule has 7 heteroatoms. The molecule has 1 aliphatic heterocycles. The molecular weight excluding hydrogens is 282 g/mol. The van der Waals surface area contributed by atoms with E-state index in [-0.39, 0.29) is 17.8 Å². The Labute approximate surface area is 117 Å². The average Bonchev–Trinajstić information content (AvgIpc) is 2.92. The van der Waals surface area contributed by atoms with Gasteiger partial charge >= 0.3 is 0 Å². The highest BCUT2D eigenvalue weighted by Gasteiger charge is 2.33. The molecule has 1 fully saturated rings. The molecule has 2 unspecified atom stereocenters. The fourth-order valence-electron chi connectivity index (χ4n) is 2.83. The van der Waals surface area contributed by atoms with Crippen molar-refractivity contribution in [1.82, 2.24) is 4.98 Å². The molecule has 0 saturated carbocycles. The van der Waals surface area contributed by atoms with Gasteiger partial charge in [-0.2, -0.15) is 0 Å². The molecule has 0 radical (unpaired) electrons. The molecule has 2 atom stereocenters. The first-order chi connectivity index (χ1) is 8.96. The van der Waals surface area contributed by atoms with Crippen LogP contribution in [0.4, 0.5) is 5.13 Å². The van der Waals surface area contributed by atoms with Gasteiger partial charge in [0.1, 0.15) is 0 Å². The molecule has 19 heavy (non-hydrogen) atoms. The number of nitrogens with zero attached hydrogens (tertiary/aromatic N) is 2. The van der Waals surface area contributed by atoms with Crippen LogP contribution in [0.1, 0.15) is 35.9 Å². The lowest BCUT2D eigenvalue weighted by Gasteiger charge is -2.22. The number of aryl methyl sites for hydroxylation is 1. The van der Waals surface area contributed by atoms with Gasteiger partial charge < -0.3 is 10.6 Å². The summed E-state index contributed by atoms with van der Waals surface area (Å²) in [7, 11) is -0.905. The summed E-state index contributed by atoms with van der Waals surface area (Å²) in [6, 6.07) is 0.171. The normalized spacial score (nSPS) is 29.2. The van der Waals surface area contributed by atoms with Crippen molar-refractivity contribution in [3.63, 3.8) is 0 Å². The van der Waals surface area contributed by atoms with Gasteiger partial charge in [-0.05, 0) is 25.7 Å². The van der Waals surface area contributed by atoms with E-state index in [9.17, 15) is 8.42 Å². The van der Waals surface area contributed by atoms with Crippen LogP contribution in [0, 0.1) is 0 Å². The first-order valence-electron chi connectivity index (χ1n) is 6.65. The molecular formula is C12H19N3O2S2. The van der Waals surface area contributed by atoms with Crippen LogP contribution in [0.5, 0.6) is 0 Å². The summed E-state index contributed by atoms with van der Waals surface area (Å²) in [4.78, 5) is 7.88. The maximum absolute atomic E-state index is 11.6. The van der Waals surface area contributed by atoms with Crippen LogP contribution in [-0.2, 0) is 16.3 Å². The van der Waals surface area contributed by atoms with Crippen molar-refractivity contribution in [2.75, 3.05) is 23.5 Å². The summed E-state index contributed by atoms with van der Waals surface area (Å²) in [6.45, 7) is 0. The van der Waals surface area contributed by atoms with Crippen LogP contribution in [0.2, 0.25) is 0 Å². The Kier molecular flexibility index (Phi) is 3.31. The van der Waals surface area contributed by atoms with Crippen molar-refractivity contribution in [1.29, 1.82) is 0 Å². The minimum atomic E-state index is -2.85. The second-order valence-corrected chi connectivity index (χ2v) is 8.71. The van der Waals surface area contributed by atoms with Gasteiger partial charge in [-0.1, -0.05) is 11.3 Å². The van der Waals surface area contributed by atoms with E-state index in [1.54, 1.807) is 11.3 Å². The monoisotopic (exact) mass is 301 g/mol. The lowest BCUT2D eigenvalue weighted by atomic mass is 9.99. The smallest absolute Gasteiger partial charge is 0.185 e. The van der Waals surface area contributed by atoms with Crippen LogP contribution in [0.3, 0.4) is 0 Å². The van der Waals surface area contributed by atoms with Crippen molar-refractivity contribution >= 4 is 26.3 Å². The number of nitrogens with two attached hydrogens (primary N) is 1. The molecule has 2 N–H and O–H groups in total. The highest BCUT2D eigenvalue weighted by atomic mass is 32.2. The Hall–Kier alpha value is -0.660. The number of aromatic nitrogens is 1. The maximum Gasteiger partial charge on any atom is 0.185 e. The zero-order valence-corrected chi connectivity index (χ0v) is 12.6. The number of rotatable bonds is 2. The van der Waals surface area contributed by atoms with Gasteiger partial charge in [-0.25, -0.2) is 13.4 Å². The van der Waals surface area contributed by atoms with E-state index < -0.39 is 9.84 Å². The summed E-state index contributed by atoms with van der Waals surface area (Å²) in [5.74, 6) is 0.548. The van der Waals surface area contributed by atoms with E-state index in [4.69, 9.17) is 5.73 Å². The van der Waals surface area contributed by atoms with Crippen molar-refractivity contribution < 1.29 is 8.42 Å². The van der Waals surface area contributed by atoms with Gasteiger partial charge in [0.2, 0.25) is 0 Å². The predicted molar refractivity (Wildman–Crippen MR) is 77.4 cm³/mol. The van der Waals surface area contributed by atoms with E-state index in [1.165, 1.54) is 4.88 Å². The molecule has 0 bridgehead atoms. The first-order valence-corrected chi connectivity index (χ1v) is 9.28. The van der Waals surface area contributed by atoms with Crippen LogP contribution < -0.4 is 10.6 Å². The number of thiazole rings is 1. The van der Waals surface area contributed by atoms with E-state index >= 15 is 0 Å². The van der Waals surface area contributed by atoms with Gasteiger partial charge in [-0.15, -0.1) is 0 Å². The summed E-state index contributed by atoms with van der Waals surface area (Å²) >= 11 is 1.63. The minimum Gasteiger partial charge on any atom is -0.347 e. The Morgan fingerprint density at radius 2 is 2.21 bits per heavy atom. The fourth-order valence-corrected chi connectivity index (χ4v) is 5.78. The Morgan fingerprint density at radius 1 is 1.42 bits per heavy atom. The van der Waals surface area contributed by atoms with E-state index in [0.29, 0.717) is 12.2 Å². The Balaban J connectivity index is 1.83. The van der Waals surface area contributed by atoms with Gasteiger partial charge in [0.15, 0.2) is 15.0 Å². The molecule has 0 aromatic carbocycles. The number of hydrogen-bond acceptors (Lipinski definition) is 6. The third kappa shape index (κ3) is 2.51. The lowest BCUT2D eigenvalue weighted by molar-refractivity contribution is 0.573. The Morgan fingerprint density at radius 3 is 2.84 bits per heavy atom. The fraction of sp³-hybridized carbons (Fsp3) is 0.750. The van der Waals surface area contributed by atoms with Gasteiger partial charge in [0.25, 0.3) is 0 Å². The molecule has 1 saturated heterocycles. The summed E-state index contributed by atoms with van der Waals surface area (Å²) in [5, 5.41) is 0.921. The largest absolute Gasteiger partial charge is 0.347 e. The van der Waals surface area contributed by atoms with Crippen molar-refractivity contribution in [3.8, 4) is 0 Å². The number of sulfone groups is 1. The van der Waals surface area contributed by atoms with Crippen LogP contribution >= 0.6 is 11.3 Å². The SMILES string of the molecule is CN(c1nc2c(s1)C(N)CCC2)C1CCS(=O)(=O)C1. The van der Waals surface area contributed by atoms with Crippen LogP contribution in [0.25, 0.3) is 0 Å². The maximum atomic E-state index is 11.6. The Bertz CT molecular complexity index is 582. The standard InChI is InChI=1S/C12H19N3O2S2/c1-15(8-5-6-19(16,17)7-8)12-14-10-4-2-3-9(13)11(10)18-12/h8-9H,2-7,13H2,1H3. The highest BCUT2D eigenvalue weighted by Crippen LogP contribution is 2.37. The molecule has 1 aromatic heterocycles. The number of anilines is 1. The van der Waals surface area contributed by atoms with Gasteiger partial charge in [0, 0.05) is 24.0 Å². The highest BCUT2D eigenvalue weighted by molar-refractivity contribution is 7.91. The zero-order valence-electron chi connectivity index (χ0n) is 11.0. The molecule has 106 valence electrons. The minimum absolute atomic E-state index is 0.0637. The molecule has 5 nitrogen and oxygen atoms in total. The first kappa shape index (κ1) is 13.3. The van der Waals surface area contributed by atoms with Gasteiger partial charge in [-0.3, -0.25) is 0 Å². The summed E-state index contributed by atoms with van der Waals surface area (Å²) in [6.07, 6.45) is 3.82. The molecule has 0 spiro atoms. The van der Waals surface area contributed by atoms with E-state index in [1.807, 2.05) is 11.9 Å². The van der Waals surface area contributed by atoms with Gasteiger partial charge in [0.05, 0.1) is 17.2 Å². The molecule has 2 heterocycles. The van der Waals surface area contributed by atoms with Crippen LogP contribution in [0.15, 0.2) is 0 Å². The number of hydrogen-bond donors (Lipinski definition) is 1. The second-order valence-electron chi connectivity index (χ2n) is 5.47. The third-order valence-electron chi connectivity index (χ3n) is 4.04. The van der Waals surface area contributed by atoms with Crippen molar-refractivity contribution in [2.24, 2.45) is 5.73 Å². The van der Waals surface area contributed by atoms with Crippen molar-refractivity contribution in [2.45, 2.75) is 37.8 Å². The zero-order chi connectivity index (χ0) is 13.6. The molecule has 1 aromatic rings. The average molecular weight is 301 g/mol. The quantitative estimate of drug-likeness (QED) is 0.885. The molecule has 2 aliphatic rings. The van der Waals surface area contributed by atoms with Crippen LogP contribution in [-0.4, -0.2) is 38.0 Å². The number of fused-ring (bicyclic) bond motifs is 1.